The van der Waals surface area contributed by atoms with Crippen LogP contribution in [0.3, 0.4) is 0 Å². The third-order valence-electron chi connectivity index (χ3n) is 4.66. The Hall–Kier alpha value is -2.96. The zero-order chi connectivity index (χ0) is 20.4. The van der Waals surface area contributed by atoms with Gasteiger partial charge in [0.15, 0.2) is 0 Å². The number of hydrogen-bond donors (Lipinski definition) is 1. The number of benzene rings is 2. The number of rotatable bonds is 5. The van der Waals surface area contributed by atoms with E-state index in [1.807, 2.05) is 68.4 Å². The Morgan fingerprint density at radius 2 is 1.83 bits per heavy atom. The van der Waals surface area contributed by atoms with Gasteiger partial charge in [0.2, 0.25) is 0 Å². The highest BCUT2D eigenvalue weighted by molar-refractivity contribution is 7.15. The summed E-state index contributed by atoms with van der Waals surface area (Å²) < 4.78 is 1.77. The molecule has 0 saturated heterocycles. The Morgan fingerprint density at radius 3 is 2.59 bits per heavy atom. The van der Waals surface area contributed by atoms with Crippen LogP contribution < -0.4 is 5.32 Å². The summed E-state index contributed by atoms with van der Waals surface area (Å²) in [6, 6.07) is 17.4. The highest BCUT2D eigenvalue weighted by Crippen LogP contribution is 2.32. The fourth-order valence-electron chi connectivity index (χ4n) is 3.06. The van der Waals surface area contributed by atoms with Crippen molar-refractivity contribution >= 4 is 28.8 Å². The molecule has 0 radical (unpaired) electrons. The van der Waals surface area contributed by atoms with Crippen molar-refractivity contribution in [3.05, 3.63) is 87.6 Å². The van der Waals surface area contributed by atoms with Gasteiger partial charge in [0.25, 0.3) is 5.91 Å². The highest BCUT2D eigenvalue weighted by Gasteiger charge is 2.17. The van der Waals surface area contributed by atoms with Crippen LogP contribution in [0.25, 0.3) is 16.3 Å². The first-order valence-electron chi connectivity index (χ1n) is 9.14. The Balaban J connectivity index is 1.50. The van der Waals surface area contributed by atoms with Gasteiger partial charge in [0.1, 0.15) is 5.01 Å². The molecule has 0 aliphatic rings. The van der Waals surface area contributed by atoms with Gasteiger partial charge in [0, 0.05) is 10.4 Å². The summed E-state index contributed by atoms with van der Waals surface area (Å²) in [5, 5.41) is 8.87. The molecule has 0 spiro atoms. The van der Waals surface area contributed by atoms with E-state index in [1.54, 1.807) is 10.9 Å². The standard InChI is InChI=1S/C22H19ClN4OS/c1-14-20(29-22(26-14)17-10-6-7-11-19(17)23)13-24-21(28)18-12-25-27(15(18)2)16-8-4-3-5-9-16/h3-12H,13H2,1-2H3,(H,24,28). The maximum Gasteiger partial charge on any atom is 0.255 e. The third kappa shape index (κ3) is 3.95. The maximum absolute atomic E-state index is 12.7. The molecule has 2 aromatic carbocycles. The Labute approximate surface area is 178 Å². The van der Waals surface area contributed by atoms with E-state index in [0.29, 0.717) is 17.1 Å². The maximum atomic E-state index is 12.7. The third-order valence-corrected chi connectivity index (χ3v) is 6.18. The number of carbonyl (C=O) groups is 1. The molecule has 0 unspecified atom stereocenters. The van der Waals surface area contributed by atoms with Gasteiger partial charge in [0.05, 0.1) is 40.4 Å². The number of carbonyl (C=O) groups excluding carboxylic acids is 1. The molecular formula is C22H19ClN4OS. The van der Waals surface area contributed by atoms with Crippen LogP contribution in [0.5, 0.6) is 0 Å². The topological polar surface area (TPSA) is 59.8 Å². The van der Waals surface area contributed by atoms with E-state index < -0.39 is 0 Å². The number of halogens is 1. The molecule has 2 aromatic heterocycles. The summed E-state index contributed by atoms with van der Waals surface area (Å²) in [7, 11) is 0. The van der Waals surface area contributed by atoms with Gasteiger partial charge in [-0.1, -0.05) is 48.0 Å². The van der Waals surface area contributed by atoms with Crippen LogP contribution in [0.4, 0.5) is 0 Å². The largest absolute Gasteiger partial charge is 0.347 e. The van der Waals surface area contributed by atoms with Crippen molar-refractivity contribution < 1.29 is 4.79 Å². The lowest BCUT2D eigenvalue weighted by molar-refractivity contribution is 0.0950. The van der Waals surface area contributed by atoms with Crippen molar-refractivity contribution in [3.63, 3.8) is 0 Å². The predicted molar refractivity (Wildman–Crippen MR) is 117 cm³/mol. The van der Waals surface area contributed by atoms with E-state index in [0.717, 1.165) is 32.5 Å². The second-order valence-corrected chi connectivity index (χ2v) is 8.07. The van der Waals surface area contributed by atoms with Crippen molar-refractivity contribution in [1.82, 2.24) is 20.1 Å². The quantitative estimate of drug-likeness (QED) is 0.481. The fraction of sp³-hybridized carbons (Fsp3) is 0.136. The first-order chi connectivity index (χ1) is 14.0. The number of nitrogens with one attached hydrogen (secondary N) is 1. The average molecular weight is 423 g/mol. The van der Waals surface area contributed by atoms with Crippen LogP contribution in [-0.2, 0) is 6.54 Å². The summed E-state index contributed by atoms with van der Waals surface area (Å²) in [5.41, 5.74) is 4.07. The minimum atomic E-state index is -0.156. The number of hydrogen-bond acceptors (Lipinski definition) is 4. The van der Waals surface area contributed by atoms with Crippen molar-refractivity contribution in [3.8, 4) is 16.3 Å². The van der Waals surface area contributed by atoms with Crippen LogP contribution in [-0.4, -0.2) is 20.7 Å². The van der Waals surface area contributed by atoms with Gasteiger partial charge in [-0.25, -0.2) is 9.67 Å². The SMILES string of the molecule is Cc1nc(-c2ccccc2Cl)sc1CNC(=O)c1cnn(-c2ccccc2)c1C. The van der Waals surface area contributed by atoms with Gasteiger partial charge < -0.3 is 5.32 Å². The number of aryl methyl sites for hydroxylation is 1. The summed E-state index contributed by atoms with van der Waals surface area (Å²) >= 11 is 7.82. The Morgan fingerprint density at radius 1 is 1.10 bits per heavy atom. The lowest BCUT2D eigenvalue weighted by Crippen LogP contribution is -2.23. The number of amides is 1. The van der Waals surface area contributed by atoms with Crippen LogP contribution in [0.2, 0.25) is 5.02 Å². The molecule has 0 bridgehead atoms. The van der Waals surface area contributed by atoms with Crippen LogP contribution in [0, 0.1) is 13.8 Å². The Kier molecular flexibility index (Phi) is 5.47. The van der Waals surface area contributed by atoms with E-state index in [-0.39, 0.29) is 5.91 Å². The number of nitrogens with zero attached hydrogens (tertiary/aromatic N) is 3. The molecule has 0 saturated carbocycles. The fourth-order valence-corrected chi connectivity index (χ4v) is 4.38. The summed E-state index contributed by atoms with van der Waals surface area (Å²) in [5.74, 6) is -0.156. The van der Waals surface area contributed by atoms with Crippen LogP contribution in [0.15, 0.2) is 60.8 Å². The summed E-state index contributed by atoms with van der Waals surface area (Å²) in [6.45, 7) is 4.24. The predicted octanol–water partition coefficient (Wildman–Crippen LogP) is 5.20. The van der Waals surface area contributed by atoms with Gasteiger partial charge in [-0.3, -0.25) is 4.79 Å². The lowest BCUT2D eigenvalue weighted by Gasteiger charge is -2.06. The number of aromatic nitrogens is 3. The molecule has 1 N–H and O–H groups in total. The van der Waals surface area contributed by atoms with E-state index in [2.05, 4.69) is 15.4 Å². The van der Waals surface area contributed by atoms with Gasteiger partial charge in [-0.05, 0) is 32.0 Å². The molecule has 146 valence electrons. The van der Waals surface area contributed by atoms with E-state index in [1.165, 1.54) is 11.3 Å². The van der Waals surface area contributed by atoms with E-state index >= 15 is 0 Å². The molecule has 5 nitrogen and oxygen atoms in total. The molecule has 0 fully saturated rings. The number of thiazole rings is 1. The second-order valence-electron chi connectivity index (χ2n) is 6.58. The molecule has 4 aromatic rings. The Bertz CT molecular complexity index is 1170. The first kappa shape index (κ1) is 19.4. The zero-order valence-electron chi connectivity index (χ0n) is 16.0. The van der Waals surface area contributed by atoms with Gasteiger partial charge in [-0.2, -0.15) is 5.10 Å². The minimum absolute atomic E-state index is 0.156. The molecule has 2 heterocycles. The summed E-state index contributed by atoms with van der Waals surface area (Å²) in [4.78, 5) is 18.3. The zero-order valence-corrected chi connectivity index (χ0v) is 17.6. The van der Waals surface area contributed by atoms with Crippen LogP contribution >= 0.6 is 22.9 Å². The normalized spacial score (nSPS) is 10.9. The van der Waals surface area contributed by atoms with E-state index in [4.69, 9.17) is 11.6 Å². The molecule has 7 heteroatoms. The smallest absolute Gasteiger partial charge is 0.255 e. The molecule has 29 heavy (non-hydrogen) atoms. The molecular weight excluding hydrogens is 404 g/mol. The molecule has 0 atom stereocenters. The minimum Gasteiger partial charge on any atom is -0.347 e. The molecule has 1 amide bonds. The molecule has 0 aliphatic heterocycles. The van der Waals surface area contributed by atoms with Crippen LogP contribution in [0.1, 0.15) is 26.6 Å². The first-order valence-corrected chi connectivity index (χ1v) is 10.3. The van der Waals surface area contributed by atoms with Gasteiger partial charge in [-0.15, -0.1) is 11.3 Å². The molecule has 0 aliphatic carbocycles. The highest BCUT2D eigenvalue weighted by atomic mass is 35.5. The monoisotopic (exact) mass is 422 g/mol. The van der Waals surface area contributed by atoms with Gasteiger partial charge >= 0.3 is 0 Å². The van der Waals surface area contributed by atoms with Crippen molar-refractivity contribution in [2.75, 3.05) is 0 Å². The lowest BCUT2D eigenvalue weighted by atomic mass is 10.2. The number of para-hydroxylation sites is 1. The second kappa shape index (κ2) is 8.19. The van der Waals surface area contributed by atoms with Crippen molar-refractivity contribution in [2.45, 2.75) is 20.4 Å². The molecule has 4 rings (SSSR count). The van der Waals surface area contributed by atoms with Crippen molar-refractivity contribution in [2.24, 2.45) is 0 Å². The average Bonchev–Trinajstić information content (AvgIpc) is 3.29. The van der Waals surface area contributed by atoms with E-state index in [9.17, 15) is 4.79 Å². The summed E-state index contributed by atoms with van der Waals surface area (Å²) in [6.07, 6.45) is 1.60. The van der Waals surface area contributed by atoms with Crippen molar-refractivity contribution in [1.29, 1.82) is 0 Å².